The van der Waals surface area contributed by atoms with Crippen LogP contribution in [-0.2, 0) is 6.18 Å². The van der Waals surface area contributed by atoms with Crippen LogP contribution in [0.5, 0.6) is 0 Å². The van der Waals surface area contributed by atoms with Gasteiger partial charge in [0, 0.05) is 31.9 Å². The molecule has 1 saturated heterocycles. The summed E-state index contributed by atoms with van der Waals surface area (Å²) >= 11 is 0. The number of fused-ring (bicyclic) bond motifs is 1. The predicted molar refractivity (Wildman–Crippen MR) is 104 cm³/mol. The van der Waals surface area contributed by atoms with Crippen molar-refractivity contribution in [2.24, 2.45) is 0 Å². The summed E-state index contributed by atoms with van der Waals surface area (Å²) in [5, 5.41) is 4.12. The Morgan fingerprint density at radius 1 is 0.867 bits per heavy atom. The van der Waals surface area contributed by atoms with Gasteiger partial charge < -0.3 is 14.2 Å². The van der Waals surface area contributed by atoms with Gasteiger partial charge in [-0.2, -0.15) is 22.7 Å². The van der Waals surface area contributed by atoms with Gasteiger partial charge in [0.05, 0.1) is 6.26 Å². The molecule has 0 atom stereocenters. The highest BCUT2D eigenvalue weighted by Gasteiger charge is 2.36. The average Bonchev–Trinajstić information content (AvgIpc) is 3.43. The topological polar surface area (TPSA) is 62.7 Å². The second kappa shape index (κ2) is 7.05. The first-order valence-corrected chi connectivity index (χ1v) is 9.43. The first-order valence-electron chi connectivity index (χ1n) is 9.43. The standard InChI is InChI=1S/C20H17F3N6O/c21-20(22,23)17-13-15(16-7-4-12-30-16)24-18-25-19(26-29(17)18)28-10-8-27(9-11-28)14-5-2-1-3-6-14/h1-7,12-13H,8-11H2. The third-order valence-corrected chi connectivity index (χ3v) is 5.05. The summed E-state index contributed by atoms with van der Waals surface area (Å²) in [5.74, 6) is 0.359. The Morgan fingerprint density at radius 2 is 1.60 bits per heavy atom. The molecule has 0 bridgehead atoms. The maximum absolute atomic E-state index is 13.7. The van der Waals surface area contributed by atoms with Crippen LogP contribution in [0, 0.1) is 0 Å². The highest BCUT2D eigenvalue weighted by atomic mass is 19.4. The maximum atomic E-state index is 13.7. The number of rotatable bonds is 3. The van der Waals surface area contributed by atoms with Crippen molar-refractivity contribution in [2.75, 3.05) is 36.0 Å². The van der Waals surface area contributed by atoms with Crippen molar-refractivity contribution < 1.29 is 17.6 Å². The molecule has 4 heterocycles. The molecule has 1 aliphatic heterocycles. The Morgan fingerprint density at radius 3 is 2.27 bits per heavy atom. The molecule has 3 aromatic heterocycles. The molecule has 0 aliphatic carbocycles. The number of alkyl halides is 3. The average molecular weight is 414 g/mol. The fraction of sp³-hybridized carbons (Fsp3) is 0.250. The maximum Gasteiger partial charge on any atom is 0.433 e. The summed E-state index contributed by atoms with van der Waals surface area (Å²) < 4.78 is 47.0. The van der Waals surface area contributed by atoms with Gasteiger partial charge in [0.1, 0.15) is 5.69 Å². The molecule has 0 N–H and O–H groups in total. The largest absolute Gasteiger partial charge is 0.463 e. The smallest absolute Gasteiger partial charge is 0.433 e. The Balaban J connectivity index is 1.46. The summed E-state index contributed by atoms with van der Waals surface area (Å²) in [7, 11) is 0. The number of aromatic nitrogens is 4. The van der Waals surface area contributed by atoms with Crippen molar-refractivity contribution in [3.8, 4) is 11.5 Å². The van der Waals surface area contributed by atoms with Gasteiger partial charge >= 0.3 is 6.18 Å². The second-order valence-corrected chi connectivity index (χ2v) is 6.93. The van der Waals surface area contributed by atoms with Gasteiger partial charge in [-0.1, -0.05) is 18.2 Å². The molecule has 0 amide bonds. The minimum atomic E-state index is -4.61. The minimum absolute atomic E-state index is 0.0627. The lowest BCUT2D eigenvalue weighted by molar-refractivity contribution is -0.142. The quantitative estimate of drug-likeness (QED) is 0.509. The van der Waals surface area contributed by atoms with Crippen LogP contribution in [0.4, 0.5) is 24.8 Å². The molecule has 154 valence electrons. The molecule has 0 radical (unpaired) electrons. The number of hydrogen-bond acceptors (Lipinski definition) is 6. The lowest BCUT2D eigenvalue weighted by Gasteiger charge is -2.35. The van der Waals surface area contributed by atoms with Gasteiger partial charge in [0.15, 0.2) is 11.5 Å². The number of benzene rings is 1. The van der Waals surface area contributed by atoms with E-state index in [4.69, 9.17) is 4.42 Å². The Kier molecular flexibility index (Phi) is 4.34. The SMILES string of the molecule is FC(F)(F)c1cc(-c2ccco2)nc2nc(N3CCN(c4ccccc4)CC3)nn12. The molecule has 10 heteroatoms. The van der Waals surface area contributed by atoms with Crippen molar-refractivity contribution in [3.63, 3.8) is 0 Å². The van der Waals surface area contributed by atoms with Crippen LogP contribution >= 0.6 is 0 Å². The van der Waals surface area contributed by atoms with Crippen LogP contribution in [0.15, 0.2) is 59.2 Å². The number of halogens is 3. The molecule has 4 aromatic rings. The molecule has 0 spiro atoms. The van der Waals surface area contributed by atoms with E-state index in [2.05, 4.69) is 20.0 Å². The molecule has 1 fully saturated rings. The zero-order valence-corrected chi connectivity index (χ0v) is 15.8. The lowest BCUT2D eigenvalue weighted by atomic mass is 10.2. The normalized spacial score (nSPS) is 15.2. The van der Waals surface area contributed by atoms with Crippen molar-refractivity contribution in [1.29, 1.82) is 0 Å². The van der Waals surface area contributed by atoms with Crippen LogP contribution in [0.1, 0.15) is 5.69 Å². The zero-order valence-electron chi connectivity index (χ0n) is 15.8. The molecule has 1 aliphatic rings. The molecule has 7 nitrogen and oxygen atoms in total. The summed E-state index contributed by atoms with van der Waals surface area (Å²) in [6.07, 6.45) is -3.23. The summed E-state index contributed by atoms with van der Waals surface area (Å²) in [6, 6.07) is 14.1. The molecule has 1 aromatic carbocycles. The molecule has 0 saturated carbocycles. The minimum Gasteiger partial charge on any atom is -0.463 e. The number of nitrogens with zero attached hydrogens (tertiary/aromatic N) is 6. The Bertz CT molecular complexity index is 1150. The van der Waals surface area contributed by atoms with Crippen LogP contribution < -0.4 is 9.80 Å². The van der Waals surface area contributed by atoms with E-state index >= 15 is 0 Å². The second-order valence-electron chi connectivity index (χ2n) is 6.93. The third-order valence-electron chi connectivity index (χ3n) is 5.05. The van der Waals surface area contributed by atoms with Crippen LogP contribution in [0.3, 0.4) is 0 Å². The van der Waals surface area contributed by atoms with Crippen molar-refractivity contribution >= 4 is 17.4 Å². The number of furan rings is 1. The summed E-state index contributed by atoms with van der Waals surface area (Å²) in [5.41, 5.74) is 0.234. The van der Waals surface area contributed by atoms with Gasteiger partial charge in [0.25, 0.3) is 5.78 Å². The number of piperazine rings is 1. The summed E-state index contributed by atoms with van der Waals surface area (Å²) in [6.45, 7) is 2.63. The van der Waals surface area contributed by atoms with Gasteiger partial charge in [0.2, 0.25) is 5.95 Å². The van der Waals surface area contributed by atoms with E-state index in [-0.39, 0.29) is 23.2 Å². The van der Waals surface area contributed by atoms with Gasteiger partial charge in [-0.05, 0) is 30.3 Å². The fourth-order valence-corrected chi connectivity index (χ4v) is 3.55. The van der Waals surface area contributed by atoms with Gasteiger partial charge in [-0.15, -0.1) is 5.10 Å². The number of para-hydroxylation sites is 1. The van der Waals surface area contributed by atoms with Crippen molar-refractivity contribution in [2.45, 2.75) is 6.18 Å². The lowest BCUT2D eigenvalue weighted by Crippen LogP contribution is -2.47. The molecule has 0 unspecified atom stereocenters. The number of anilines is 2. The van der Waals surface area contributed by atoms with Crippen LogP contribution in [-0.4, -0.2) is 45.8 Å². The predicted octanol–water partition coefficient (Wildman–Crippen LogP) is 3.73. The first kappa shape index (κ1) is 18.5. The van der Waals surface area contributed by atoms with Gasteiger partial charge in [-0.3, -0.25) is 0 Å². The van der Waals surface area contributed by atoms with Gasteiger partial charge in [-0.25, -0.2) is 4.98 Å². The first-order chi connectivity index (χ1) is 14.5. The monoisotopic (exact) mass is 414 g/mol. The van der Waals surface area contributed by atoms with Crippen molar-refractivity contribution in [1.82, 2.24) is 19.6 Å². The highest BCUT2D eigenvalue weighted by Crippen LogP contribution is 2.32. The third kappa shape index (κ3) is 3.34. The summed E-state index contributed by atoms with van der Waals surface area (Å²) in [4.78, 5) is 12.6. The van der Waals surface area contributed by atoms with E-state index in [1.54, 1.807) is 12.1 Å². The van der Waals surface area contributed by atoms with Crippen LogP contribution in [0.25, 0.3) is 17.2 Å². The Hall–Kier alpha value is -3.56. The molecule has 5 rings (SSSR count). The van der Waals surface area contributed by atoms with E-state index in [0.29, 0.717) is 13.1 Å². The van der Waals surface area contributed by atoms with Crippen molar-refractivity contribution in [3.05, 3.63) is 60.5 Å². The number of hydrogen-bond donors (Lipinski definition) is 0. The van der Waals surface area contributed by atoms with E-state index in [0.717, 1.165) is 29.4 Å². The van der Waals surface area contributed by atoms with Crippen LogP contribution in [0.2, 0.25) is 0 Å². The molecular formula is C20H17F3N6O. The molecular weight excluding hydrogens is 397 g/mol. The van der Waals surface area contributed by atoms with E-state index < -0.39 is 11.9 Å². The zero-order chi connectivity index (χ0) is 20.7. The van der Waals surface area contributed by atoms with E-state index in [1.165, 1.54) is 6.26 Å². The highest BCUT2D eigenvalue weighted by molar-refractivity contribution is 5.57. The fourth-order valence-electron chi connectivity index (χ4n) is 3.55. The van der Waals surface area contributed by atoms with E-state index in [1.807, 2.05) is 35.2 Å². The Labute approximate surface area is 169 Å². The van der Waals surface area contributed by atoms with E-state index in [9.17, 15) is 13.2 Å². The molecule has 30 heavy (non-hydrogen) atoms.